The smallest absolute Gasteiger partial charge is 0.323 e. The number of carbonyl (C=O) groups is 1. The van der Waals surface area contributed by atoms with Crippen LogP contribution in [0.2, 0.25) is 5.02 Å². The molecule has 1 rings (SSSR count). The van der Waals surface area contributed by atoms with Crippen molar-refractivity contribution in [1.82, 2.24) is 0 Å². The number of ether oxygens (including phenoxy) is 1. The van der Waals surface area contributed by atoms with E-state index in [1.54, 1.807) is 30.2 Å². The van der Waals surface area contributed by atoms with E-state index in [1.807, 2.05) is 6.92 Å². The van der Waals surface area contributed by atoms with E-state index in [1.165, 1.54) is 0 Å². The highest BCUT2D eigenvalue weighted by Gasteiger charge is 2.14. The number of hydrogen-bond acceptors (Lipinski definition) is 3. The molecule has 0 amide bonds. The van der Waals surface area contributed by atoms with Crippen LogP contribution >= 0.6 is 11.6 Å². The van der Waals surface area contributed by atoms with E-state index < -0.39 is 5.97 Å². The van der Waals surface area contributed by atoms with E-state index in [0.29, 0.717) is 23.0 Å². The molecule has 0 bridgehead atoms. The standard InChI is InChI=1S/C12H16ClNO3/c1-3-6-14(8-12(15)16)10-7-9(13)4-5-11(10)17-2/h4-5,7H,3,6,8H2,1-2H3,(H,15,16). The lowest BCUT2D eigenvalue weighted by molar-refractivity contribution is -0.135. The van der Waals surface area contributed by atoms with Gasteiger partial charge in [0.2, 0.25) is 0 Å². The van der Waals surface area contributed by atoms with Gasteiger partial charge in [-0.15, -0.1) is 0 Å². The van der Waals surface area contributed by atoms with E-state index in [4.69, 9.17) is 21.4 Å². The number of benzene rings is 1. The molecule has 1 N–H and O–H groups in total. The number of carboxylic acids is 1. The number of carboxylic acid groups (broad SMARTS) is 1. The molecule has 0 fully saturated rings. The fourth-order valence-electron chi connectivity index (χ4n) is 1.63. The average Bonchev–Trinajstić information content (AvgIpc) is 2.28. The maximum atomic E-state index is 10.8. The van der Waals surface area contributed by atoms with Gasteiger partial charge in [-0.05, 0) is 24.6 Å². The minimum absolute atomic E-state index is 0.0649. The summed E-state index contributed by atoms with van der Waals surface area (Å²) >= 11 is 5.92. The fourth-order valence-corrected chi connectivity index (χ4v) is 1.79. The lowest BCUT2D eigenvalue weighted by Gasteiger charge is -2.24. The normalized spacial score (nSPS) is 10.1. The molecule has 0 saturated heterocycles. The molecule has 0 heterocycles. The van der Waals surface area contributed by atoms with Crippen LogP contribution in [-0.2, 0) is 4.79 Å². The summed E-state index contributed by atoms with van der Waals surface area (Å²) in [4.78, 5) is 12.6. The van der Waals surface area contributed by atoms with Crippen molar-refractivity contribution >= 4 is 23.3 Å². The Balaban J connectivity index is 3.06. The summed E-state index contributed by atoms with van der Waals surface area (Å²) in [5, 5.41) is 9.45. The first-order chi connectivity index (χ1) is 8.08. The first kappa shape index (κ1) is 13.6. The van der Waals surface area contributed by atoms with Crippen LogP contribution in [0.3, 0.4) is 0 Å². The van der Waals surface area contributed by atoms with Crippen LogP contribution in [0.25, 0.3) is 0 Å². The molecular formula is C12H16ClNO3. The molecule has 94 valence electrons. The quantitative estimate of drug-likeness (QED) is 0.851. The number of aliphatic carboxylic acids is 1. The van der Waals surface area contributed by atoms with E-state index in [2.05, 4.69) is 0 Å². The zero-order valence-electron chi connectivity index (χ0n) is 9.94. The Morgan fingerprint density at radius 1 is 1.53 bits per heavy atom. The van der Waals surface area contributed by atoms with Crippen molar-refractivity contribution in [3.8, 4) is 5.75 Å². The van der Waals surface area contributed by atoms with E-state index in [0.717, 1.165) is 6.42 Å². The minimum atomic E-state index is -0.875. The number of methoxy groups -OCH3 is 1. The van der Waals surface area contributed by atoms with Gasteiger partial charge >= 0.3 is 5.97 Å². The Hall–Kier alpha value is -1.42. The molecule has 4 nitrogen and oxygen atoms in total. The lowest BCUT2D eigenvalue weighted by atomic mass is 10.2. The van der Waals surface area contributed by atoms with Gasteiger partial charge in [0.15, 0.2) is 0 Å². The molecule has 1 aromatic carbocycles. The predicted molar refractivity (Wildman–Crippen MR) is 68.1 cm³/mol. The summed E-state index contributed by atoms with van der Waals surface area (Å²) in [5.41, 5.74) is 0.712. The monoisotopic (exact) mass is 257 g/mol. The topological polar surface area (TPSA) is 49.8 Å². The van der Waals surface area contributed by atoms with Gasteiger partial charge in [-0.2, -0.15) is 0 Å². The number of rotatable bonds is 6. The van der Waals surface area contributed by atoms with Crippen molar-refractivity contribution in [1.29, 1.82) is 0 Å². The number of nitrogens with zero attached hydrogens (tertiary/aromatic N) is 1. The molecule has 0 aliphatic rings. The minimum Gasteiger partial charge on any atom is -0.495 e. The van der Waals surface area contributed by atoms with Gasteiger partial charge in [-0.25, -0.2) is 0 Å². The molecule has 0 spiro atoms. The summed E-state index contributed by atoms with van der Waals surface area (Å²) in [7, 11) is 1.55. The van der Waals surface area contributed by atoms with Gasteiger partial charge in [0.25, 0.3) is 0 Å². The van der Waals surface area contributed by atoms with Crippen LogP contribution in [0.5, 0.6) is 5.75 Å². The van der Waals surface area contributed by atoms with Gasteiger partial charge < -0.3 is 14.7 Å². The summed E-state index contributed by atoms with van der Waals surface area (Å²) in [6.45, 7) is 2.57. The van der Waals surface area contributed by atoms with Crippen LogP contribution in [-0.4, -0.2) is 31.3 Å². The van der Waals surface area contributed by atoms with Crippen molar-refractivity contribution in [2.45, 2.75) is 13.3 Å². The Bertz CT molecular complexity index is 395. The summed E-state index contributed by atoms with van der Waals surface area (Å²) in [6, 6.07) is 5.18. The Morgan fingerprint density at radius 2 is 2.24 bits per heavy atom. The van der Waals surface area contributed by atoms with E-state index in [9.17, 15) is 4.79 Å². The van der Waals surface area contributed by atoms with Crippen LogP contribution in [0.4, 0.5) is 5.69 Å². The zero-order chi connectivity index (χ0) is 12.8. The maximum Gasteiger partial charge on any atom is 0.323 e. The van der Waals surface area contributed by atoms with Crippen molar-refractivity contribution in [2.24, 2.45) is 0 Å². The van der Waals surface area contributed by atoms with Crippen LogP contribution in [0.1, 0.15) is 13.3 Å². The maximum absolute atomic E-state index is 10.8. The second-order valence-electron chi connectivity index (χ2n) is 3.63. The highest BCUT2D eigenvalue weighted by Crippen LogP contribution is 2.31. The molecule has 0 unspecified atom stereocenters. The third-order valence-corrected chi connectivity index (χ3v) is 2.54. The molecule has 0 aliphatic heterocycles. The summed E-state index contributed by atoms with van der Waals surface area (Å²) < 4.78 is 5.22. The van der Waals surface area contributed by atoms with Crippen molar-refractivity contribution < 1.29 is 14.6 Å². The second kappa shape index (κ2) is 6.35. The Labute approximate surface area is 106 Å². The van der Waals surface area contributed by atoms with Gasteiger partial charge in [0.05, 0.1) is 12.8 Å². The average molecular weight is 258 g/mol. The zero-order valence-corrected chi connectivity index (χ0v) is 10.7. The molecule has 0 saturated carbocycles. The molecule has 0 aliphatic carbocycles. The van der Waals surface area contributed by atoms with Crippen molar-refractivity contribution in [2.75, 3.05) is 25.1 Å². The van der Waals surface area contributed by atoms with Gasteiger partial charge in [-0.1, -0.05) is 18.5 Å². The Kier molecular flexibility index (Phi) is 5.10. The van der Waals surface area contributed by atoms with Crippen molar-refractivity contribution in [3.63, 3.8) is 0 Å². The largest absolute Gasteiger partial charge is 0.495 e. The van der Waals surface area contributed by atoms with Crippen LogP contribution in [0, 0.1) is 0 Å². The number of anilines is 1. The molecule has 0 atom stereocenters. The van der Waals surface area contributed by atoms with E-state index >= 15 is 0 Å². The third-order valence-electron chi connectivity index (χ3n) is 2.30. The molecule has 5 heteroatoms. The van der Waals surface area contributed by atoms with Gasteiger partial charge in [0.1, 0.15) is 12.3 Å². The Morgan fingerprint density at radius 3 is 2.76 bits per heavy atom. The van der Waals surface area contributed by atoms with Gasteiger partial charge in [-0.3, -0.25) is 4.79 Å². The first-order valence-electron chi connectivity index (χ1n) is 5.38. The molecule has 1 aromatic rings. The van der Waals surface area contributed by atoms with Crippen LogP contribution < -0.4 is 9.64 Å². The molecular weight excluding hydrogens is 242 g/mol. The van der Waals surface area contributed by atoms with Crippen molar-refractivity contribution in [3.05, 3.63) is 23.2 Å². The SMILES string of the molecule is CCCN(CC(=O)O)c1cc(Cl)ccc1OC. The second-order valence-corrected chi connectivity index (χ2v) is 4.07. The van der Waals surface area contributed by atoms with E-state index in [-0.39, 0.29) is 6.54 Å². The number of halogens is 1. The number of hydrogen-bond donors (Lipinski definition) is 1. The highest BCUT2D eigenvalue weighted by atomic mass is 35.5. The van der Waals surface area contributed by atoms with Crippen LogP contribution in [0.15, 0.2) is 18.2 Å². The first-order valence-corrected chi connectivity index (χ1v) is 5.76. The molecule has 17 heavy (non-hydrogen) atoms. The highest BCUT2D eigenvalue weighted by molar-refractivity contribution is 6.30. The molecule has 0 aromatic heterocycles. The predicted octanol–water partition coefficient (Wildman–Crippen LogP) is 2.65. The third kappa shape index (κ3) is 3.82. The molecule has 0 radical (unpaired) electrons. The summed E-state index contributed by atoms with van der Waals surface area (Å²) in [5.74, 6) is -0.246. The summed E-state index contributed by atoms with van der Waals surface area (Å²) in [6.07, 6.45) is 0.850. The van der Waals surface area contributed by atoms with Gasteiger partial charge in [0, 0.05) is 11.6 Å². The lowest BCUT2D eigenvalue weighted by Crippen LogP contribution is -2.30. The fraction of sp³-hybridized carbons (Fsp3) is 0.417.